The number of amides is 5. The first-order valence-electron chi connectivity index (χ1n) is 11.2. The smallest absolute Gasteiger partial charge is 0.325 e. The SMILES string of the molecule is C[C@@H](NC(=O)CN1C(=O)N[C@](C)(c2ccc3ccccc3c2)C1=O)c1ccc2c(c1)NC(=O)CO2. The fourth-order valence-electron chi connectivity index (χ4n) is 4.42. The van der Waals surface area contributed by atoms with Gasteiger partial charge in [0.05, 0.1) is 11.7 Å². The zero-order chi connectivity index (χ0) is 24.7. The highest BCUT2D eigenvalue weighted by Crippen LogP contribution is 2.32. The third-order valence-electron chi connectivity index (χ3n) is 6.42. The summed E-state index contributed by atoms with van der Waals surface area (Å²) in [4.78, 5) is 51.2. The Kier molecular flexibility index (Phi) is 5.39. The summed E-state index contributed by atoms with van der Waals surface area (Å²) < 4.78 is 5.36. The third-order valence-corrected chi connectivity index (χ3v) is 6.42. The summed E-state index contributed by atoms with van der Waals surface area (Å²) in [6.45, 7) is 2.96. The van der Waals surface area contributed by atoms with E-state index < -0.39 is 36.0 Å². The van der Waals surface area contributed by atoms with Crippen molar-refractivity contribution in [1.82, 2.24) is 15.5 Å². The molecule has 3 aromatic rings. The van der Waals surface area contributed by atoms with Crippen molar-refractivity contribution in [1.29, 1.82) is 0 Å². The molecular formula is C26H24N4O5. The van der Waals surface area contributed by atoms with E-state index in [4.69, 9.17) is 4.74 Å². The van der Waals surface area contributed by atoms with Crippen LogP contribution >= 0.6 is 0 Å². The van der Waals surface area contributed by atoms with Crippen LogP contribution in [0.5, 0.6) is 5.75 Å². The van der Waals surface area contributed by atoms with Crippen LogP contribution in [0.4, 0.5) is 10.5 Å². The average Bonchev–Trinajstić information content (AvgIpc) is 3.06. The number of benzene rings is 3. The molecule has 3 N–H and O–H groups in total. The van der Waals surface area contributed by atoms with Gasteiger partial charge in [-0.3, -0.25) is 19.3 Å². The van der Waals surface area contributed by atoms with Gasteiger partial charge in [-0.1, -0.05) is 42.5 Å². The molecule has 0 bridgehead atoms. The normalized spacial score (nSPS) is 20.1. The van der Waals surface area contributed by atoms with E-state index in [0.29, 0.717) is 17.0 Å². The second-order valence-electron chi connectivity index (χ2n) is 8.89. The van der Waals surface area contributed by atoms with Crippen molar-refractivity contribution in [3.8, 4) is 5.75 Å². The molecule has 0 spiro atoms. The Labute approximate surface area is 201 Å². The molecule has 35 heavy (non-hydrogen) atoms. The molecule has 0 aliphatic carbocycles. The number of hydrogen-bond donors (Lipinski definition) is 3. The van der Waals surface area contributed by atoms with E-state index in [9.17, 15) is 19.2 Å². The summed E-state index contributed by atoms with van der Waals surface area (Å²) >= 11 is 0. The Morgan fingerprint density at radius 3 is 2.66 bits per heavy atom. The quantitative estimate of drug-likeness (QED) is 0.494. The number of nitrogens with zero attached hydrogens (tertiary/aromatic N) is 1. The van der Waals surface area contributed by atoms with Crippen LogP contribution in [0.2, 0.25) is 0 Å². The molecular weight excluding hydrogens is 448 g/mol. The number of carbonyl (C=O) groups excluding carboxylic acids is 4. The number of hydrogen-bond acceptors (Lipinski definition) is 5. The number of rotatable bonds is 5. The Morgan fingerprint density at radius 1 is 1.09 bits per heavy atom. The molecule has 178 valence electrons. The van der Waals surface area contributed by atoms with Gasteiger partial charge in [0.1, 0.15) is 17.8 Å². The molecule has 0 radical (unpaired) electrons. The number of imide groups is 1. The standard InChI is InChI=1S/C26H24N4O5/c1-15(17-8-10-21-20(12-17)28-23(32)14-35-21)27-22(31)13-30-24(33)26(2,29-25(30)34)19-9-7-16-5-3-4-6-18(16)11-19/h3-12,15H,13-14H2,1-2H3,(H,27,31)(H,28,32)(H,29,34)/t15-,26-/m1/s1. The van der Waals surface area contributed by atoms with Crippen molar-refractivity contribution in [2.24, 2.45) is 0 Å². The van der Waals surface area contributed by atoms with Gasteiger partial charge in [0.15, 0.2) is 6.61 Å². The summed E-state index contributed by atoms with van der Waals surface area (Å²) in [7, 11) is 0. The molecule has 2 aliphatic heterocycles. The molecule has 0 aromatic heterocycles. The Hall–Kier alpha value is -4.40. The van der Waals surface area contributed by atoms with Crippen LogP contribution in [0.1, 0.15) is 31.0 Å². The first-order chi connectivity index (χ1) is 16.7. The van der Waals surface area contributed by atoms with E-state index in [0.717, 1.165) is 21.2 Å². The number of anilines is 1. The van der Waals surface area contributed by atoms with E-state index in [2.05, 4.69) is 16.0 Å². The first-order valence-corrected chi connectivity index (χ1v) is 11.2. The molecule has 3 aromatic carbocycles. The fraction of sp³-hybridized carbons (Fsp3) is 0.231. The molecule has 9 heteroatoms. The monoisotopic (exact) mass is 472 g/mol. The minimum atomic E-state index is -1.27. The van der Waals surface area contributed by atoms with E-state index in [1.54, 1.807) is 32.0 Å². The molecule has 2 atom stereocenters. The molecule has 0 saturated carbocycles. The highest BCUT2D eigenvalue weighted by molar-refractivity contribution is 6.09. The van der Waals surface area contributed by atoms with Crippen LogP contribution < -0.4 is 20.7 Å². The van der Waals surface area contributed by atoms with Crippen LogP contribution in [0.15, 0.2) is 60.7 Å². The molecule has 0 unspecified atom stereocenters. The predicted molar refractivity (Wildman–Crippen MR) is 129 cm³/mol. The van der Waals surface area contributed by atoms with E-state index in [1.165, 1.54) is 0 Å². The molecule has 2 heterocycles. The van der Waals surface area contributed by atoms with Crippen LogP contribution in [-0.2, 0) is 19.9 Å². The largest absolute Gasteiger partial charge is 0.482 e. The zero-order valence-electron chi connectivity index (χ0n) is 19.3. The van der Waals surface area contributed by atoms with Crippen molar-refractivity contribution in [3.63, 3.8) is 0 Å². The summed E-state index contributed by atoms with van der Waals surface area (Å²) in [5.41, 5.74) is 0.634. The van der Waals surface area contributed by atoms with Gasteiger partial charge in [0.25, 0.3) is 11.8 Å². The number of carbonyl (C=O) groups is 4. The summed E-state index contributed by atoms with van der Waals surface area (Å²) in [5, 5.41) is 10.3. The number of urea groups is 1. The first kappa shape index (κ1) is 22.4. The lowest BCUT2D eigenvalue weighted by Gasteiger charge is -2.23. The molecule has 5 amide bonds. The summed E-state index contributed by atoms with van der Waals surface area (Å²) in [6.07, 6.45) is 0. The van der Waals surface area contributed by atoms with E-state index in [1.807, 2.05) is 42.5 Å². The topological polar surface area (TPSA) is 117 Å². The number of ether oxygens (including phenoxy) is 1. The molecule has 9 nitrogen and oxygen atoms in total. The lowest BCUT2D eigenvalue weighted by Crippen LogP contribution is -2.43. The van der Waals surface area contributed by atoms with Crippen molar-refractivity contribution in [2.75, 3.05) is 18.5 Å². The molecule has 5 rings (SSSR count). The minimum Gasteiger partial charge on any atom is -0.482 e. The van der Waals surface area contributed by atoms with E-state index in [-0.39, 0.29) is 12.5 Å². The Balaban J connectivity index is 1.29. The highest BCUT2D eigenvalue weighted by atomic mass is 16.5. The van der Waals surface area contributed by atoms with Crippen molar-refractivity contribution >= 4 is 40.2 Å². The average molecular weight is 473 g/mol. The fourth-order valence-corrected chi connectivity index (χ4v) is 4.42. The lowest BCUT2D eigenvalue weighted by atomic mass is 9.90. The summed E-state index contributed by atoms with van der Waals surface area (Å²) in [6, 6.07) is 17.5. The predicted octanol–water partition coefficient (Wildman–Crippen LogP) is 2.82. The van der Waals surface area contributed by atoms with Gasteiger partial charge < -0.3 is 20.7 Å². The van der Waals surface area contributed by atoms with Crippen LogP contribution in [0, 0.1) is 0 Å². The number of nitrogens with one attached hydrogen (secondary N) is 3. The van der Waals surface area contributed by atoms with Crippen molar-refractivity contribution in [3.05, 3.63) is 71.8 Å². The number of fused-ring (bicyclic) bond motifs is 2. The van der Waals surface area contributed by atoms with Gasteiger partial charge in [-0.05, 0) is 53.9 Å². The molecule has 1 fully saturated rings. The second kappa shape index (κ2) is 8.43. The van der Waals surface area contributed by atoms with Gasteiger partial charge in [-0.25, -0.2) is 4.79 Å². The lowest BCUT2D eigenvalue weighted by molar-refractivity contribution is -0.135. The minimum absolute atomic E-state index is 0.0390. The molecule has 1 saturated heterocycles. The second-order valence-corrected chi connectivity index (χ2v) is 8.89. The summed E-state index contributed by atoms with van der Waals surface area (Å²) in [5.74, 6) is -0.672. The van der Waals surface area contributed by atoms with Crippen molar-refractivity contribution < 1.29 is 23.9 Å². The van der Waals surface area contributed by atoms with Crippen LogP contribution in [0.25, 0.3) is 10.8 Å². The Bertz CT molecular complexity index is 1390. The van der Waals surface area contributed by atoms with Gasteiger partial charge in [-0.15, -0.1) is 0 Å². The van der Waals surface area contributed by atoms with Gasteiger partial charge in [-0.2, -0.15) is 0 Å². The zero-order valence-corrected chi connectivity index (χ0v) is 19.3. The van der Waals surface area contributed by atoms with Gasteiger partial charge in [0.2, 0.25) is 5.91 Å². The maximum absolute atomic E-state index is 13.3. The maximum atomic E-state index is 13.3. The third kappa shape index (κ3) is 4.05. The highest BCUT2D eigenvalue weighted by Gasteiger charge is 2.49. The van der Waals surface area contributed by atoms with Gasteiger partial charge >= 0.3 is 6.03 Å². The Morgan fingerprint density at radius 2 is 1.86 bits per heavy atom. The maximum Gasteiger partial charge on any atom is 0.325 e. The molecule has 2 aliphatic rings. The van der Waals surface area contributed by atoms with Crippen molar-refractivity contribution in [2.45, 2.75) is 25.4 Å². The van der Waals surface area contributed by atoms with Crippen LogP contribution in [-0.4, -0.2) is 41.8 Å². The van der Waals surface area contributed by atoms with Crippen LogP contribution in [0.3, 0.4) is 0 Å². The van der Waals surface area contributed by atoms with E-state index >= 15 is 0 Å². The van der Waals surface area contributed by atoms with Gasteiger partial charge in [0, 0.05) is 0 Å².